The highest BCUT2D eigenvalue weighted by Gasteiger charge is 2.30. The molecule has 2 aliphatic heterocycles. The largest absolute Gasteiger partial charge is 0.373 e. The Bertz CT molecular complexity index is 1040. The van der Waals surface area contributed by atoms with Crippen LogP contribution >= 0.6 is 0 Å². The van der Waals surface area contributed by atoms with E-state index in [0.29, 0.717) is 37.9 Å². The SMILES string of the molecule is C/C=C/CCC1CCC(c2ccc(-c3ccc(C4CCC(CC/C=C/C)CO4)c(F)c3F)c(F)c2F)OC1. The molecule has 0 spiro atoms. The first-order valence-corrected chi connectivity index (χ1v) is 13.9. The Morgan fingerprint density at radius 1 is 0.632 bits per heavy atom. The van der Waals surface area contributed by atoms with Gasteiger partial charge < -0.3 is 9.47 Å². The topological polar surface area (TPSA) is 18.5 Å². The molecule has 2 fully saturated rings. The number of ether oxygens (including phenoxy) is 2. The molecule has 0 N–H and O–H groups in total. The molecule has 2 aliphatic rings. The van der Waals surface area contributed by atoms with E-state index in [1.54, 1.807) is 0 Å². The lowest BCUT2D eigenvalue weighted by molar-refractivity contribution is -0.0211. The number of hydrogen-bond donors (Lipinski definition) is 0. The number of halogens is 4. The van der Waals surface area contributed by atoms with Crippen molar-refractivity contribution >= 4 is 0 Å². The first kappa shape index (κ1) is 28.6. The lowest BCUT2D eigenvalue weighted by atomic mass is 9.89. The van der Waals surface area contributed by atoms with Crippen molar-refractivity contribution in [1.82, 2.24) is 0 Å². The fraction of sp³-hybridized carbons (Fsp3) is 0.500. The first-order valence-electron chi connectivity index (χ1n) is 13.9. The zero-order chi connectivity index (χ0) is 27.1. The van der Waals surface area contributed by atoms with Crippen molar-refractivity contribution in [3.8, 4) is 11.1 Å². The first-order chi connectivity index (χ1) is 18.4. The number of hydrogen-bond acceptors (Lipinski definition) is 2. The molecule has 4 rings (SSSR count). The van der Waals surface area contributed by atoms with Crippen LogP contribution in [-0.2, 0) is 9.47 Å². The quantitative estimate of drug-likeness (QED) is 0.237. The van der Waals surface area contributed by atoms with Crippen molar-refractivity contribution in [1.29, 1.82) is 0 Å². The monoisotopic (exact) mass is 530 g/mol. The summed E-state index contributed by atoms with van der Waals surface area (Å²) >= 11 is 0. The smallest absolute Gasteiger partial charge is 0.167 e. The normalized spacial score (nSPS) is 24.5. The summed E-state index contributed by atoms with van der Waals surface area (Å²) in [6.07, 6.45) is 14.0. The summed E-state index contributed by atoms with van der Waals surface area (Å²) in [6, 6.07) is 5.50. The molecule has 38 heavy (non-hydrogen) atoms. The molecule has 4 unspecified atom stereocenters. The Morgan fingerprint density at radius 2 is 1.05 bits per heavy atom. The summed E-state index contributed by atoms with van der Waals surface area (Å²) in [5, 5.41) is 0. The highest BCUT2D eigenvalue weighted by Crippen LogP contribution is 2.39. The summed E-state index contributed by atoms with van der Waals surface area (Å²) in [5.41, 5.74) is -0.365. The zero-order valence-electron chi connectivity index (χ0n) is 22.3. The second-order valence-electron chi connectivity index (χ2n) is 10.5. The third-order valence-corrected chi connectivity index (χ3v) is 7.90. The van der Waals surface area contributed by atoms with E-state index in [1.165, 1.54) is 24.3 Å². The van der Waals surface area contributed by atoms with E-state index in [9.17, 15) is 0 Å². The lowest BCUT2D eigenvalue weighted by Crippen LogP contribution is -2.22. The van der Waals surface area contributed by atoms with Crippen molar-refractivity contribution < 1.29 is 27.0 Å². The zero-order valence-corrected chi connectivity index (χ0v) is 22.3. The maximum absolute atomic E-state index is 15.2. The van der Waals surface area contributed by atoms with Crippen LogP contribution in [0.4, 0.5) is 17.6 Å². The molecular formula is C32H38F4O2. The van der Waals surface area contributed by atoms with Crippen LogP contribution in [0.1, 0.15) is 88.5 Å². The van der Waals surface area contributed by atoms with Crippen LogP contribution in [0.3, 0.4) is 0 Å². The van der Waals surface area contributed by atoms with Crippen LogP contribution in [0.5, 0.6) is 0 Å². The second kappa shape index (κ2) is 13.6. The summed E-state index contributed by atoms with van der Waals surface area (Å²) in [5.74, 6) is -3.73. The van der Waals surface area contributed by atoms with Gasteiger partial charge in [-0.05, 0) is 77.0 Å². The van der Waals surface area contributed by atoms with Gasteiger partial charge in [-0.2, -0.15) is 0 Å². The summed E-state index contributed by atoms with van der Waals surface area (Å²) in [4.78, 5) is 0. The van der Waals surface area contributed by atoms with Crippen LogP contribution in [0.2, 0.25) is 0 Å². The van der Waals surface area contributed by atoms with Gasteiger partial charge in [-0.1, -0.05) is 48.6 Å². The molecule has 2 heterocycles. The van der Waals surface area contributed by atoms with Crippen molar-refractivity contribution in [3.63, 3.8) is 0 Å². The molecule has 0 radical (unpaired) electrons. The lowest BCUT2D eigenvalue weighted by Gasteiger charge is -2.30. The Kier molecular flexibility index (Phi) is 10.2. The third-order valence-electron chi connectivity index (χ3n) is 7.90. The highest BCUT2D eigenvalue weighted by atomic mass is 19.2. The van der Waals surface area contributed by atoms with Gasteiger partial charge in [-0.15, -0.1) is 0 Å². The molecule has 2 saturated heterocycles. The van der Waals surface area contributed by atoms with Gasteiger partial charge in [-0.3, -0.25) is 0 Å². The molecule has 206 valence electrons. The van der Waals surface area contributed by atoms with Crippen LogP contribution in [0.25, 0.3) is 11.1 Å². The van der Waals surface area contributed by atoms with Crippen molar-refractivity contribution in [2.45, 2.75) is 77.4 Å². The van der Waals surface area contributed by atoms with E-state index in [2.05, 4.69) is 12.2 Å². The van der Waals surface area contributed by atoms with Gasteiger partial charge in [0.15, 0.2) is 23.3 Å². The van der Waals surface area contributed by atoms with Crippen LogP contribution in [-0.4, -0.2) is 13.2 Å². The maximum Gasteiger partial charge on any atom is 0.167 e. The van der Waals surface area contributed by atoms with Crippen molar-refractivity contribution in [2.24, 2.45) is 11.8 Å². The predicted molar refractivity (Wildman–Crippen MR) is 143 cm³/mol. The Morgan fingerprint density at radius 3 is 1.39 bits per heavy atom. The maximum atomic E-state index is 15.2. The summed E-state index contributed by atoms with van der Waals surface area (Å²) in [7, 11) is 0. The molecule has 6 heteroatoms. The minimum absolute atomic E-state index is 0.121. The van der Waals surface area contributed by atoms with Gasteiger partial charge in [0, 0.05) is 22.3 Å². The van der Waals surface area contributed by atoms with Gasteiger partial charge >= 0.3 is 0 Å². The molecular weight excluding hydrogens is 492 g/mol. The van der Waals surface area contributed by atoms with Gasteiger partial charge in [0.05, 0.1) is 25.4 Å². The molecule has 0 saturated carbocycles. The summed E-state index contributed by atoms with van der Waals surface area (Å²) in [6.45, 7) is 4.95. The molecule has 0 amide bonds. The predicted octanol–water partition coefficient (Wildman–Crippen LogP) is 9.56. The van der Waals surface area contributed by atoms with Crippen molar-refractivity contribution in [2.75, 3.05) is 13.2 Å². The molecule has 2 nitrogen and oxygen atoms in total. The Hall–Kier alpha value is -2.44. The third kappa shape index (κ3) is 6.58. The minimum Gasteiger partial charge on any atom is -0.373 e. The molecule has 0 aromatic heterocycles. The van der Waals surface area contributed by atoms with E-state index >= 15 is 17.6 Å². The van der Waals surface area contributed by atoms with E-state index in [1.807, 2.05) is 26.0 Å². The average molecular weight is 531 g/mol. The second-order valence-corrected chi connectivity index (χ2v) is 10.5. The van der Waals surface area contributed by atoms with Crippen LogP contribution in [0, 0.1) is 35.1 Å². The Balaban J connectivity index is 1.45. The van der Waals surface area contributed by atoms with Gasteiger partial charge in [0.2, 0.25) is 0 Å². The molecule has 4 atom stereocenters. The highest BCUT2D eigenvalue weighted by molar-refractivity contribution is 5.66. The fourth-order valence-electron chi connectivity index (χ4n) is 5.60. The summed E-state index contributed by atoms with van der Waals surface area (Å²) < 4.78 is 72.3. The number of benzene rings is 2. The van der Waals surface area contributed by atoms with Gasteiger partial charge in [-0.25, -0.2) is 17.6 Å². The van der Waals surface area contributed by atoms with Crippen molar-refractivity contribution in [3.05, 3.63) is 83.0 Å². The molecule has 0 bridgehead atoms. The fourth-order valence-corrected chi connectivity index (χ4v) is 5.60. The molecule has 2 aromatic carbocycles. The minimum atomic E-state index is -1.19. The van der Waals surface area contributed by atoms with Crippen LogP contribution < -0.4 is 0 Å². The number of allylic oxidation sites excluding steroid dienone is 4. The molecule has 2 aromatic rings. The Labute approximate surface area is 223 Å². The standard InChI is InChI=1S/C32H38F4O2/c1-3-5-7-9-21-11-17-27(37-19-21)25-15-13-23(29(33)31(25)35)24-14-16-26(32(36)30(24)34)28-18-12-22(20-38-28)10-8-6-4-2/h3-6,13-16,21-22,27-28H,7-12,17-20H2,1-2H3/b5-3+,6-4+. The van der Waals surface area contributed by atoms with Crippen LogP contribution in [0.15, 0.2) is 48.6 Å². The van der Waals surface area contributed by atoms with E-state index < -0.39 is 35.5 Å². The van der Waals surface area contributed by atoms with E-state index in [4.69, 9.17) is 9.47 Å². The van der Waals surface area contributed by atoms with Gasteiger partial charge in [0.25, 0.3) is 0 Å². The van der Waals surface area contributed by atoms with E-state index in [-0.39, 0.29) is 22.3 Å². The van der Waals surface area contributed by atoms with E-state index in [0.717, 1.165) is 38.5 Å². The number of rotatable bonds is 9. The van der Waals surface area contributed by atoms with Gasteiger partial charge in [0.1, 0.15) is 0 Å². The average Bonchev–Trinajstić information content (AvgIpc) is 2.93. The molecule has 0 aliphatic carbocycles.